The molecule has 0 amide bonds. The summed E-state index contributed by atoms with van der Waals surface area (Å²) in [6.07, 6.45) is 0. The molecule has 0 aliphatic rings. The highest BCUT2D eigenvalue weighted by Crippen LogP contribution is 2.27. The van der Waals surface area contributed by atoms with Crippen molar-refractivity contribution < 1.29 is 14.4 Å². The molecule has 0 saturated carbocycles. The van der Waals surface area contributed by atoms with Crippen molar-refractivity contribution in [1.29, 1.82) is 0 Å². The SMILES string of the molecule is COc1ccc(CNC(C)c2c(C)noc2C)cc1O. The van der Waals surface area contributed by atoms with E-state index in [9.17, 15) is 5.11 Å². The first kappa shape index (κ1) is 14.4. The van der Waals surface area contributed by atoms with Gasteiger partial charge in [-0.2, -0.15) is 0 Å². The summed E-state index contributed by atoms with van der Waals surface area (Å²) in [6, 6.07) is 5.51. The Morgan fingerprint density at radius 2 is 2.15 bits per heavy atom. The van der Waals surface area contributed by atoms with Crippen molar-refractivity contribution in [1.82, 2.24) is 10.5 Å². The van der Waals surface area contributed by atoms with Crippen LogP contribution in [0.1, 0.15) is 35.5 Å². The minimum atomic E-state index is 0.130. The van der Waals surface area contributed by atoms with Gasteiger partial charge < -0.3 is 19.7 Å². The number of aromatic hydroxyl groups is 1. The van der Waals surface area contributed by atoms with E-state index in [1.807, 2.05) is 19.9 Å². The molecular formula is C15H20N2O3. The Kier molecular flexibility index (Phi) is 4.29. The second-order valence-electron chi connectivity index (χ2n) is 4.85. The van der Waals surface area contributed by atoms with Crippen LogP contribution in [0.4, 0.5) is 0 Å². The largest absolute Gasteiger partial charge is 0.504 e. The molecule has 1 aromatic heterocycles. The van der Waals surface area contributed by atoms with Crippen LogP contribution in [0.2, 0.25) is 0 Å². The number of phenols is 1. The predicted octanol–water partition coefficient (Wildman–Crippen LogP) is 2.86. The molecule has 0 aliphatic carbocycles. The molecule has 2 rings (SSSR count). The van der Waals surface area contributed by atoms with E-state index in [-0.39, 0.29) is 11.8 Å². The molecule has 0 aliphatic heterocycles. The maximum absolute atomic E-state index is 9.75. The van der Waals surface area contributed by atoms with Crippen molar-refractivity contribution >= 4 is 0 Å². The molecular weight excluding hydrogens is 256 g/mol. The van der Waals surface area contributed by atoms with Gasteiger partial charge >= 0.3 is 0 Å². The zero-order chi connectivity index (χ0) is 14.7. The minimum Gasteiger partial charge on any atom is -0.504 e. The van der Waals surface area contributed by atoms with Crippen LogP contribution in [0.15, 0.2) is 22.7 Å². The summed E-state index contributed by atoms with van der Waals surface area (Å²) >= 11 is 0. The number of hydrogen-bond acceptors (Lipinski definition) is 5. The summed E-state index contributed by atoms with van der Waals surface area (Å²) in [7, 11) is 1.53. The molecule has 1 atom stereocenters. The van der Waals surface area contributed by atoms with Gasteiger partial charge in [0, 0.05) is 18.2 Å². The smallest absolute Gasteiger partial charge is 0.160 e. The van der Waals surface area contributed by atoms with E-state index >= 15 is 0 Å². The lowest BCUT2D eigenvalue weighted by Crippen LogP contribution is -2.19. The third-order valence-electron chi connectivity index (χ3n) is 3.38. The van der Waals surface area contributed by atoms with Crippen molar-refractivity contribution in [3.8, 4) is 11.5 Å². The summed E-state index contributed by atoms with van der Waals surface area (Å²) in [5, 5.41) is 17.1. The normalized spacial score (nSPS) is 12.4. The first-order chi connectivity index (χ1) is 9.52. The number of aromatic nitrogens is 1. The average Bonchev–Trinajstić information content (AvgIpc) is 2.76. The number of hydrogen-bond donors (Lipinski definition) is 2. The molecule has 5 heteroatoms. The van der Waals surface area contributed by atoms with Gasteiger partial charge in [-0.25, -0.2) is 0 Å². The third-order valence-corrected chi connectivity index (χ3v) is 3.38. The second-order valence-corrected chi connectivity index (χ2v) is 4.85. The molecule has 20 heavy (non-hydrogen) atoms. The lowest BCUT2D eigenvalue weighted by Gasteiger charge is -2.14. The Bertz CT molecular complexity index is 573. The van der Waals surface area contributed by atoms with Gasteiger partial charge in [-0.05, 0) is 38.5 Å². The molecule has 1 aromatic carbocycles. The quantitative estimate of drug-likeness (QED) is 0.879. The van der Waals surface area contributed by atoms with Crippen LogP contribution in [0.25, 0.3) is 0 Å². The number of nitrogens with one attached hydrogen (secondary N) is 1. The lowest BCUT2D eigenvalue weighted by atomic mass is 10.1. The Morgan fingerprint density at radius 3 is 2.70 bits per heavy atom. The topological polar surface area (TPSA) is 67.5 Å². The van der Waals surface area contributed by atoms with Gasteiger partial charge in [0.1, 0.15) is 5.76 Å². The summed E-state index contributed by atoms with van der Waals surface area (Å²) in [5.41, 5.74) is 2.98. The highest BCUT2D eigenvalue weighted by molar-refractivity contribution is 5.41. The van der Waals surface area contributed by atoms with Crippen LogP contribution >= 0.6 is 0 Å². The number of phenolic OH excluding ortho intramolecular Hbond substituents is 1. The van der Waals surface area contributed by atoms with Crippen LogP contribution in [0.5, 0.6) is 11.5 Å². The maximum atomic E-state index is 9.75. The fraction of sp³-hybridized carbons (Fsp3) is 0.400. The van der Waals surface area contributed by atoms with Crippen LogP contribution in [-0.4, -0.2) is 17.4 Å². The summed E-state index contributed by atoms with van der Waals surface area (Å²) in [5.74, 6) is 1.46. The van der Waals surface area contributed by atoms with Crippen molar-refractivity contribution in [3.63, 3.8) is 0 Å². The van der Waals surface area contributed by atoms with E-state index in [0.717, 1.165) is 22.6 Å². The minimum absolute atomic E-state index is 0.130. The number of aryl methyl sites for hydroxylation is 2. The zero-order valence-electron chi connectivity index (χ0n) is 12.2. The summed E-state index contributed by atoms with van der Waals surface area (Å²) < 4.78 is 10.2. The average molecular weight is 276 g/mol. The van der Waals surface area contributed by atoms with Gasteiger partial charge in [0.25, 0.3) is 0 Å². The van der Waals surface area contributed by atoms with E-state index in [0.29, 0.717) is 12.3 Å². The Labute approximate surface area is 118 Å². The summed E-state index contributed by atoms with van der Waals surface area (Å²) in [4.78, 5) is 0. The number of rotatable bonds is 5. The van der Waals surface area contributed by atoms with Crippen molar-refractivity contribution in [2.75, 3.05) is 7.11 Å². The number of methoxy groups -OCH3 is 1. The third kappa shape index (κ3) is 2.93. The Hall–Kier alpha value is -2.01. The van der Waals surface area contributed by atoms with E-state index < -0.39 is 0 Å². The van der Waals surface area contributed by atoms with Crippen LogP contribution in [0, 0.1) is 13.8 Å². The van der Waals surface area contributed by atoms with E-state index in [4.69, 9.17) is 9.26 Å². The standard InChI is InChI=1S/C15H20N2O3/c1-9(15-10(2)17-20-11(15)3)16-8-12-5-6-14(19-4)13(18)7-12/h5-7,9,16,18H,8H2,1-4H3. The second kappa shape index (κ2) is 5.96. The monoisotopic (exact) mass is 276 g/mol. The molecule has 0 radical (unpaired) electrons. The van der Waals surface area contributed by atoms with Crippen molar-refractivity contribution in [2.24, 2.45) is 0 Å². The van der Waals surface area contributed by atoms with Crippen LogP contribution < -0.4 is 10.1 Å². The maximum Gasteiger partial charge on any atom is 0.160 e. The number of nitrogens with zero attached hydrogens (tertiary/aromatic N) is 1. The first-order valence-electron chi connectivity index (χ1n) is 6.55. The van der Waals surface area contributed by atoms with Crippen LogP contribution in [0.3, 0.4) is 0 Å². The summed E-state index contributed by atoms with van der Waals surface area (Å²) in [6.45, 7) is 6.55. The molecule has 0 saturated heterocycles. The number of ether oxygens (including phenoxy) is 1. The predicted molar refractivity (Wildman–Crippen MR) is 75.9 cm³/mol. The highest BCUT2D eigenvalue weighted by atomic mass is 16.5. The molecule has 1 heterocycles. The van der Waals surface area contributed by atoms with Gasteiger partial charge in [-0.15, -0.1) is 0 Å². The Morgan fingerprint density at radius 1 is 1.40 bits per heavy atom. The molecule has 0 spiro atoms. The van der Waals surface area contributed by atoms with Gasteiger partial charge in [0.15, 0.2) is 11.5 Å². The van der Waals surface area contributed by atoms with Gasteiger partial charge in [0.2, 0.25) is 0 Å². The number of benzene rings is 1. The fourth-order valence-corrected chi connectivity index (χ4v) is 2.33. The Balaban J connectivity index is 2.03. The molecule has 0 fully saturated rings. The van der Waals surface area contributed by atoms with E-state index in [2.05, 4.69) is 17.4 Å². The van der Waals surface area contributed by atoms with Gasteiger partial charge in [-0.1, -0.05) is 11.2 Å². The zero-order valence-corrected chi connectivity index (χ0v) is 12.2. The molecule has 1 unspecified atom stereocenters. The molecule has 108 valence electrons. The molecule has 2 N–H and O–H groups in total. The van der Waals surface area contributed by atoms with E-state index in [1.165, 1.54) is 7.11 Å². The van der Waals surface area contributed by atoms with Crippen molar-refractivity contribution in [3.05, 3.63) is 40.8 Å². The lowest BCUT2D eigenvalue weighted by molar-refractivity contribution is 0.373. The molecule has 5 nitrogen and oxygen atoms in total. The fourth-order valence-electron chi connectivity index (χ4n) is 2.33. The van der Waals surface area contributed by atoms with Gasteiger partial charge in [0.05, 0.1) is 12.8 Å². The highest BCUT2D eigenvalue weighted by Gasteiger charge is 2.15. The molecule has 0 bridgehead atoms. The van der Waals surface area contributed by atoms with Crippen LogP contribution in [-0.2, 0) is 6.54 Å². The van der Waals surface area contributed by atoms with E-state index in [1.54, 1.807) is 12.1 Å². The molecule has 2 aromatic rings. The first-order valence-corrected chi connectivity index (χ1v) is 6.55. The van der Waals surface area contributed by atoms with Gasteiger partial charge in [-0.3, -0.25) is 0 Å². The van der Waals surface area contributed by atoms with Crippen molar-refractivity contribution in [2.45, 2.75) is 33.4 Å².